The average molecular weight is 275 g/mol. The molecule has 1 aromatic heterocycles. The Morgan fingerprint density at radius 1 is 1.21 bits per heavy atom. The van der Waals surface area contributed by atoms with Crippen molar-refractivity contribution in [1.29, 1.82) is 0 Å². The number of hydrogen-bond donors (Lipinski definition) is 1. The van der Waals surface area contributed by atoms with E-state index < -0.39 is 0 Å². The van der Waals surface area contributed by atoms with Crippen molar-refractivity contribution in [2.45, 2.75) is 39.3 Å². The second-order valence-electron chi connectivity index (χ2n) is 4.82. The van der Waals surface area contributed by atoms with Gasteiger partial charge in [-0.05, 0) is 48.9 Å². The standard InChI is InChI=1S/C16H21NOS/c1-4-13(17)16(15-9-6-10-19-15)18-14-8-5-7-11(2)12(14)3/h5-10,13,16H,4,17H2,1-3H3. The molecule has 2 atom stereocenters. The van der Waals surface area contributed by atoms with Gasteiger partial charge in [-0.25, -0.2) is 0 Å². The van der Waals surface area contributed by atoms with Gasteiger partial charge in [-0.2, -0.15) is 0 Å². The molecule has 0 bridgehead atoms. The number of nitrogens with two attached hydrogens (primary N) is 1. The molecule has 3 heteroatoms. The molecule has 0 aliphatic heterocycles. The van der Waals surface area contributed by atoms with Crippen LogP contribution in [0.15, 0.2) is 35.7 Å². The van der Waals surface area contributed by atoms with Crippen molar-refractivity contribution in [1.82, 2.24) is 0 Å². The van der Waals surface area contributed by atoms with E-state index in [1.54, 1.807) is 11.3 Å². The third-order valence-corrected chi connectivity index (χ3v) is 4.43. The number of thiophene rings is 1. The van der Waals surface area contributed by atoms with Gasteiger partial charge in [0, 0.05) is 10.9 Å². The van der Waals surface area contributed by atoms with Crippen LogP contribution in [-0.2, 0) is 0 Å². The molecule has 0 spiro atoms. The summed E-state index contributed by atoms with van der Waals surface area (Å²) >= 11 is 1.70. The highest BCUT2D eigenvalue weighted by Crippen LogP contribution is 2.31. The highest BCUT2D eigenvalue weighted by Gasteiger charge is 2.22. The van der Waals surface area contributed by atoms with Crippen molar-refractivity contribution >= 4 is 11.3 Å². The highest BCUT2D eigenvalue weighted by molar-refractivity contribution is 7.10. The summed E-state index contributed by atoms with van der Waals surface area (Å²) in [5.74, 6) is 0.933. The van der Waals surface area contributed by atoms with Crippen LogP contribution in [0.1, 0.15) is 35.5 Å². The van der Waals surface area contributed by atoms with Gasteiger partial charge < -0.3 is 10.5 Å². The first-order valence-electron chi connectivity index (χ1n) is 6.65. The van der Waals surface area contributed by atoms with Crippen molar-refractivity contribution in [3.8, 4) is 5.75 Å². The van der Waals surface area contributed by atoms with Gasteiger partial charge in [0.1, 0.15) is 11.9 Å². The first kappa shape index (κ1) is 14.1. The number of benzene rings is 1. The summed E-state index contributed by atoms with van der Waals surface area (Å²) in [5.41, 5.74) is 8.66. The van der Waals surface area contributed by atoms with E-state index in [-0.39, 0.29) is 12.1 Å². The Hall–Kier alpha value is -1.32. The number of ether oxygens (including phenoxy) is 1. The Balaban J connectivity index is 2.28. The molecule has 0 radical (unpaired) electrons. The molecule has 1 heterocycles. The summed E-state index contributed by atoms with van der Waals surface area (Å²) in [4.78, 5) is 1.19. The lowest BCUT2D eigenvalue weighted by atomic mass is 10.1. The summed E-state index contributed by atoms with van der Waals surface area (Å²) in [6.45, 7) is 6.29. The first-order valence-corrected chi connectivity index (χ1v) is 7.53. The SMILES string of the molecule is CCC(N)C(Oc1cccc(C)c1C)c1cccs1. The topological polar surface area (TPSA) is 35.2 Å². The van der Waals surface area contributed by atoms with E-state index in [0.29, 0.717) is 0 Å². The van der Waals surface area contributed by atoms with Gasteiger partial charge in [-0.15, -0.1) is 11.3 Å². The summed E-state index contributed by atoms with van der Waals surface area (Å²) in [6, 6.07) is 10.3. The molecule has 19 heavy (non-hydrogen) atoms. The van der Waals surface area contributed by atoms with Crippen molar-refractivity contribution < 1.29 is 4.74 Å². The maximum absolute atomic E-state index is 6.23. The van der Waals surface area contributed by atoms with Gasteiger partial charge in [0.25, 0.3) is 0 Å². The van der Waals surface area contributed by atoms with Crippen LogP contribution in [0.3, 0.4) is 0 Å². The zero-order valence-corrected chi connectivity index (χ0v) is 12.5. The van der Waals surface area contributed by atoms with Crippen LogP contribution in [0.4, 0.5) is 0 Å². The number of aryl methyl sites for hydroxylation is 1. The Labute approximate surface area is 119 Å². The molecule has 2 rings (SSSR count). The summed E-state index contributed by atoms with van der Waals surface area (Å²) in [7, 11) is 0. The van der Waals surface area contributed by atoms with Gasteiger partial charge in [0.05, 0.1) is 0 Å². The van der Waals surface area contributed by atoms with Gasteiger partial charge in [0.2, 0.25) is 0 Å². The van der Waals surface area contributed by atoms with Crippen LogP contribution in [0.5, 0.6) is 5.75 Å². The van der Waals surface area contributed by atoms with E-state index in [2.05, 4.69) is 38.3 Å². The zero-order chi connectivity index (χ0) is 13.8. The lowest BCUT2D eigenvalue weighted by Crippen LogP contribution is -2.31. The molecule has 2 N–H and O–H groups in total. The predicted molar refractivity (Wildman–Crippen MR) is 81.9 cm³/mol. The molecule has 0 amide bonds. The summed E-state index contributed by atoms with van der Waals surface area (Å²) in [6.07, 6.45) is 0.832. The molecule has 2 unspecified atom stereocenters. The third-order valence-electron chi connectivity index (χ3n) is 3.49. The molecule has 0 saturated carbocycles. The number of hydrogen-bond acceptors (Lipinski definition) is 3. The minimum absolute atomic E-state index is 0.0126. The second kappa shape index (κ2) is 6.22. The molecule has 0 saturated heterocycles. The largest absolute Gasteiger partial charge is 0.483 e. The van der Waals surface area contributed by atoms with Crippen LogP contribution in [0.25, 0.3) is 0 Å². The lowest BCUT2D eigenvalue weighted by Gasteiger charge is -2.24. The molecule has 1 aromatic carbocycles. The first-order chi connectivity index (χ1) is 9.13. The maximum Gasteiger partial charge on any atom is 0.148 e. The van der Waals surface area contributed by atoms with Crippen molar-refractivity contribution in [3.63, 3.8) is 0 Å². The van der Waals surface area contributed by atoms with Gasteiger partial charge in [-0.3, -0.25) is 0 Å². The third kappa shape index (κ3) is 3.17. The zero-order valence-electron chi connectivity index (χ0n) is 11.7. The highest BCUT2D eigenvalue weighted by atomic mass is 32.1. The quantitative estimate of drug-likeness (QED) is 0.886. The van der Waals surface area contributed by atoms with Crippen LogP contribution in [0.2, 0.25) is 0 Å². The molecular formula is C16H21NOS. The van der Waals surface area contributed by atoms with Gasteiger partial charge in [-0.1, -0.05) is 25.1 Å². The van der Waals surface area contributed by atoms with E-state index >= 15 is 0 Å². The molecule has 2 aromatic rings. The smallest absolute Gasteiger partial charge is 0.148 e. The molecule has 102 valence electrons. The van der Waals surface area contributed by atoms with Crippen LogP contribution in [0, 0.1) is 13.8 Å². The predicted octanol–water partition coefficient (Wildman–Crippen LogP) is 4.22. The van der Waals surface area contributed by atoms with Crippen LogP contribution >= 0.6 is 11.3 Å². The fraction of sp³-hybridized carbons (Fsp3) is 0.375. The minimum Gasteiger partial charge on any atom is -0.483 e. The minimum atomic E-state index is -0.0644. The van der Waals surface area contributed by atoms with E-state index in [4.69, 9.17) is 10.5 Å². The Morgan fingerprint density at radius 3 is 2.63 bits per heavy atom. The monoisotopic (exact) mass is 275 g/mol. The summed E-state index contributed by atoms with van der Waals surface area (Å²) < 4.78 is 6.21. The van der Waals surface area contributed by atoms with Crippen LogP contribution < -0.4 is 10.5 Å². The Kier molecular flexibility index (Phi) is 4.61. The summed E-state index contributed by atoms with van der Waals surface area (Å²) in [5, 5.41) is 2.07. The van der Waals surface area contributed by atoms with E-state index in [0.717, 1.165) is 12.2 Å². The lowest BCUT2D eigenvalue weighted by molar-refractivity contribution is 0.173. The molecule has 2 nitrogen and oxygen atoms in total. The fourth-order valence-corrected chi connectivity index (χ4v) is 2.84. The normalized spacial score (nSPS) is 14.1. The Morgan fingerprint density at radius 2 is 2.00 bits per heavy atom. The van der Waals surface area contributed by atoms with E-state index in [9.17, 15) is 0 Å². The molecule has 0 fully saturated rings. The van der Waals surface area contributed by atoms with E-state index in [1.807, 2.05) is 18.2 Å². The molecule has 0 aliphatic rings. The average Bonchev–Trinajstić information content (AvgIpc) is 2.93. The van der Waals surface area contributed by atoms with E-state index in [1.165, 1.54) is 16.0 Å². The fourth-order valence-electron chi connectivity index (χ4n) is 2.01. The molecular weight excluding hydrogens is 254 g/mol. The second-order valence-corrected chi connectivity index (χ2v) is 5.80. The Bertz CT molecular complexity index is 522. The van der Waals surface area contributed by atoms with Crippen molar-refractivity contribution in [2.75, 3.05) is 0 Å². The van der Waals surface area contributed by atoms with Crippen LogP contribution in [-0.4, -0.2) is 6.04 Å². The maximum atomic E-state index is 6.23. The van der Waals surface area contributed by atoms with Gasteiger partial charge in [0.15, 0.2) is 0 Å². The van der Waals surface area contributed by atoms with Crippen molar-refractivity contribution in [2.24, 2.45) is 5.73 Å². The van der Waals surface area contributed by atoms with Gasteiger partial charge >= 0.3 is 0 Å². The number of rotatable bonds is 5. The molecule has 0 aliphatic carbocycles. The van der Waals surface area contributed by atoms with Crippen molar-refractivity contribution in [3.05, 3.63) is 51.7 Å².